The number of fused-ring (bicyclic) bond motifs is 1. The van der Waals surface area contributed by atoms with Crippen molar-refractivity contribution in [1.82, 2.24) is 15.1 Å². The molecule has 3 rings (SSSR count). The molecule has 0 radical (unpaired) electrons. The SMILES string of the molecule is Fc1ccc2c(c1)[C@@H](NCCCn1cccn1)CC2. The van der Waals surface area contributed by atoms with Crippen molar-refractivity contribution in [2.45, 2.75) is 31.8 Å². The third kappa shape index (κ3) is 2.84. The van der Waals surface area contributed by atoms with Crippen LogP contribution in [-0.2, 0) is 13.0 Å². The molecule has 0 aliphatic heterocycles. The molecule has 0 unspecified atom stereocenters. The minimum atomic E-state index is -0.135. The lowest BCUT2D eigenvalue weighted by molar-refractivity contribution is 0.485. The van der Waals surface area contributed by atoms with Gasteiger partial charge in [-0.3, -0.25) is 4.68 Å². The standard InChI is InChI=1S/C15H18FN3/c16-13-5-3-12-4-6-15(14(12)11-13)17-7-1-9-19-10-2-8-18-19/h2-3,5,8,10-11,15,17H,1,4,6-7,9H2/t15-/m0/s1. The molecular weight excluding hydrogens is 241 g/mol. The summed E-state index contributed by atoms with van der Waals surface area (Å²) in [5.74, 6) is -0.135. The Morgan fingerprint density at radius 2 is 2.37 bits per heavy atom. The Balaban J connectivity index is 1.51. The molecule has 1 aliphatic rings. The number of hydrogen-bond donors (Lipinski definition) is 1. The fourth-order valence-corrected chi connectivity index (χ4v) is 2.74. The van der Waals surface area contributed by atoms with Gasteiger partial charge in [0.1, 0.15) is 5.82 Å². The lowest BCUT2D eigenvalue weighted by Crippen LogP contribution is -2.21. The molecule has 1 aliphatic carbocycles. The summed E-state index contributed by atoms with van der Waals surface area (Å²) < 4.78 is 15.2. The molecular formula is C15H18FN3. The zero-order valence-electron chi connectivity index (χ0n) is 10.8. The predicted molar refractivity (Wildman–Crippen MR) is 72.3 cm³/mol. The van der Waals surface area contributed by atoms with Crippen LogP contribution in [0.3, 0.4) is 0 Å². The van der Waals surface area contributed by atoms with Crippen molar-refractivity contribution in [1.29, 1.82) is 0 Å². The largest absolute Gasteiger partial charge is 0.310 e. The van der Waals surface area contributed by atoms with E-state index in [4.69, 9.17) is 0 Å². The van der Waals surface area contributed by atoms with E-state index in [1.165, 1.54) is 5.56 Å². The first-order chi connectivity index (χ1) is 9.33. The van der Waals surface area contributed by atoms with Gasteiger partial charge in [-0.25, -0.2) is 4.39 Å². The maximum absolute atomic E-state index is 13.3. The summed E-state index contributed by atoms with van der Waals surface area (Å²) in [7, 11) is 0. The van der Waals surface area contributed by atoms with Crippen LogP contribution in [0.25, 0.3) is 0 Å². The predicted octanol–water partition coefficient (Wildman–Crippen LogP) is 2.69. The fourth-order valence-electron chi connectivity index (χ4n) is 2.74. The van der Waals surface area contributed by atoms with Crippen molar-refractivity contribution < 1.29 is 4.39 Å². The van der Waals surface area contributed by atoms with Crippen LogP contribution < -0.4 is 5.32 Å². The minimum absolute atomic E-state index is 0.135. The van der Waals surface area contributed by atoms with E-state index in [0.717, 1.165) is 37.9 Å². The first kappa shape index (κ1) is 12.4. The van der Waals surface area contributed by atoms with E-state index in [0.29, 0.717) is 6.04 Å². The highest BCUT2D eigenvalue weighted by Gasteiger charge is 2.21. The molecule has 0 bridgehead atoms. The van der Waals surface area contributed by atoms with Gasteiger partial charge in [-0.1, -0.05) is 6.07 Å². The number of rotatable bonds is 5. The molecule has 1 aromatic heterocycles. The molecule has 0 fully saturated rings. The summed E-state index contributed by atoms with van der Waals surface area (Å²) in [6.07, 6.45) is 6.92. The summed E-state index contributed by atoms with van der Waals surface area (Å²) in [5.41, 5.74) is 2.42. The summed E-state index contributed by atoms with van der Waals surface area (Å²) in [5, 5.41) is 7.69. The zero-order valence-corrected chi connectivity index (χ0v) is 10.8. The molecule has 3 nitrogen and oxygen atoms in total. The van der Waals surface area contributed by atoms with Crippen LogP contribution in [0, 0.1) is 5.82 Å². The summed E-state index contributed by atoms with van der Waals surface area (Å²) in [6, 6.07) is 7.38. The Hall–Kier alpha value is -1.68. The second kappa shape index (κ2) is 5.53. The van der Waals surface area contributed by atoms with Gasteiger partial charge < -0.3 is 5.32 Å². The molecule has 1 heterocycles. The lowest BCUT2D eigenvalue weighted by Gasteiger charge is -2.14. The van der Waals surface area contributed by atoms with E-state index in [-0.39, 0.29) is 5.82 Å². The first-order valence-corrected chi connectivity index (χ1v) is 6.82. The lowest BCUT2D eigenvalue weighted by atomic mass is 10.1. The molecule has 1 atom stereocenters. The average molecular weight is 259 g/mol. The highest BCUT2D eigenvalue weighted by molar-refractivity contribution is 5.34. The maximum atomic E-state index is 13.3. The fraction of sp³-hybridized carbons (Fsp3) is 0.400. The van der Waals surface area contributed by atoms with Crippen molar-refractivity contribution in [2.24, 2.45) is 0 Å². The summed E-state index contributed by atoms with van der Waals surface area (Å²) in [6.45, 7) is 1.85. The van der Waals surface area contributed by atoms with Crippen LogP contribution in [0.1, 0.15) is 30.0 Å². The minimum Gasteiger partial charge on any atom is -0.310 e. The molecule has 19 heavy (non-hydrogen) atoms. The average Bonchev–Trinajstić information content (AvgIpc) is 3.04. The Morgan fingerprint density at radius 1 is 1.42 bits per heavy atom. The highest BCUT2D eigenvalue weighted by atomic mass is 19.1. The van der Waals surface area contributed by atoms with Crippen LogP contribution >= 0.6 is 0 Å². The van der Waals surface area contributed by atoms with E-state index in [1.54, 1.807) is 18.3 Å². The van der Waals surface area contributed by atoms with Gasteiger partial charge in [0.15, 0.2) is 0 Å². The number of aromatic nitrogens is 2. The van der Waals surface area contributed by atoms with Gasteiger partial charge in [0, 0.05) is 25.0 Å². The normalized spacial score (nSPS) is 17.6. The van der Waals surface area contributed by atoms with Gasteiger partial charge in [0.05, 0.1) is 0 Å². The van der Waals surface area contributed by atoms with Crippen molar-refractivity contribution in [3.8, 4) is 0 Å². The van der Waals surface area contributed by atoms with Crippen LogP contribution in [-0.4, -0.2) is 16.3 Å². The van der Waals surface area contributed by atoms with Gasteiger partial charge in [-0.15, -0.1) is 0 Å². The van der Waals surface area contributed by atoms with Gasteiger partial charge in [-0.2, -0.15) is 5.10 Å². The van der Waals surface area contributed by atoms with Crippen molar-refractivity contribution in [3.05, 3.63) is 53.6 Å². The summed E-state index contributed by atoms with van der Waals surface area (Å²) in [4.78, 5) is 0. The molecule has 1 N–H and O–H groups in total. The molecule has 1 aromatic carbocycles. The molecule has 4 heteroatoms. The maximum Gasteiger partial charge on any atom is 0.123 e. The van der Waals surface area contributed by atoms with Crippen LogP contribution in [0.4, 0.5) is 4.39 Å². The van der Waals surface area contributed by atoms with E-state index >= 15 is 0 Å². The Labute approximate surface area is 112 Å². The number of nitrogens with one attached hydrogen (secondary N) is 1. The third-order valence-corrected chi connectivity index (χ3v) is 3.70. The van der Waals surface area contributed by atoms with Crippen LogP contribution in [0.15, 0.2) is 36.7 Å². The van der Waals surface area contributed by atoms with Gasteiger partial charge in [0.2, 0.25) is 0 Å². The quantitative estimate of drug-likeness (QED) is 0.837. The highest BCUT2D eigenvalue weighted by Crippen LogP contribution is 2.31. The van der Waals surface area contributed by atoms with Crippen molar-refractivity contribution in [3.63, 3.8) is 0 Å². The third-order valence-electron chi connectivity index (χ3n) is 3.70. The molecule has 0 saturated carbocycles. The Morgan fingerprint density at radius 3 is 3.21 bits per heavy atom. The molecule has 100 valence electrons. The summed E-state index contributed by atoms with van der Waals surface area (Å²) >= 11 is 0. The van der Waals surface area contributed by atoms with E-state index in [9.17, 15) is 4.39 Å². The molecule has 0 amide bonds. The van der Waals surface area contributed by atoms with Crippen molar-refractivity contribution in [2.75, 3.05) is 6.54 Å². The van der Waals surface area contributed by atoms with Gasteiger partial charge in [0.25, 0.3) is 0 Å². The monoisotopic (exact) mass is 259 g/mol. The van der Waals surface area contributed by atoms with Crippen LogP contribution in [0.2, 0.25) is 0 Å². The smallest absolute Gasteiger partial charge is 0.123 e. The second-order valence-corrected chi connectivity index (χ2v) is 5.01. The molecule has 0 spiro atoms. The first-order valence-electron chi connectivity index (χ1n) is 6.82. The van der Waals surface area contributed by atoms with E-state index in [2.05, 4.69) is 10.4 Å². The number of hydrogen-bond acceptors (Lipinski definition) is 2. The zero-order chi connectivity index (χ0) is 13.1. The van der Waals surface area contributed by atoms with E-state index in [1.807, 2.05) is 23.0 Å². The number of benzene rings is 1. The Kier molecular flexibility index (Phi) is 3.60. The van der Waals surface area contributed by atoms with Gasteiger partial charge >= 0.3 is 0 Å². The van der Waals surface area contributed by atoms with Gasteiger partial charge in [-0.05, 0) is 55.1 Å². The number of nitrogens with zero attached hydrogens (tertiary/aromatic N) is 2. The second-order valence-electron chi connectivity index (χ2n) is 5.01. The van der Waals surface area contributed by atoms with Crippen molar-refractivity contribution >= 4 is 0 Å². The number of aryl methyl sites for hydroxylation is 2. The van der Waals surface area contributed by atoms with E-state index < -0.39 is 0 Å². The molecule has 0 saturated heterocycles. The van der Waals surface area contributed by atoms with Crippen LogP contribution in [0.5, 0.6) is 0 Å². The Bertz CT molecular complexity index is 536. The molecule has 2 aromatic rings. The number of halogens is 1. The topological polar surface area (TPSA) is 29.9 Å².